The highest BCUT2D eigenvalue weighted by atomic mass is 15.1. The van der Waals surface area contributed by atoms with E-state index in [1.165, 1.54) is 0 Å². The van der Waals surface area contributed by atoms with Gasteiger partial charge in [-0.05, 0) is 19.1 Å². The number of rotatable bonds is 2. The van der Waals surface area contributed by atoms with E-state index in [0.29, 0.717) is 6.54 Å². The second-order valence-electron chi connectivity index (χ2n) is 4.78. The summed E-state index contributed by atoms with van der Waals surface area (Å²) in [6, 6.07) is 6.29. The predicted octanol–water partition coefficient (Wildman–Crippen LogP) is 1.74. The molecule has 0 aliphatic heterocycles. The van der Waals surface area contributed by atoms with Gasteiger partial charge in [-0.15, -0.1) is 0 Å². The molecule has 0 saturated heterocycles. The topological polar surface area (TPSA) is 61.7 Å². The Morgan fingerprint density at radius 1 is 1.26 bits per heavy atom. The molecule has 0 amide bonds. The van der Waals surface area contributed by atoms with Gasteiger partial charge in [0.25, 0.3) is 0 Å². The maximum Gasteiger partial charge on any atom is 0.106 e. The summed E-state index contributed by atoms with van der Waals surface area (Å²) in [6.45, 7) is 2.45. The lowest BCUT2D eigenvalue weighted by atomic mass is 10.1. The van der Waals surface area contributed by atoms with E-state index < -0.39 is 0 Å². The SMILES string of the molecule is Cc1nc2cc(-c3c(CN)ncn3C)ccc2n1C. The molecule has 0 unspecified atom stereocenters. The third-order valence-corrected chi connectivity index (χ3v) is 3.58. The van der Waals surface area contributed by atoms with Crippen LogP contribution < -0.4 is 5.73 Å². The molecular weight excluding hydrogens is 238 g/mol. The normalized spacial score (nSPS) is 11.4. The molecule has 0 fully saturated rings. The first kappa shape index (κ1) is 11.9. The highest BCUT2D eigenvalue weighted by Crippen LogP contribution is 2.26. The maximum atomic E-state index is 5.75. The van der Waals surface area contributed by atoms with Crippen LogP contribution in [0.1, 0.15) is 11.5 Å². The highest BCUT2D eigenvalue weighted by Gasteiger charge is 2.12. The summed E-state index contributed by atoms with van der Waals surface area (Å²) in [5.74, 6) is 1.01. The van der Waals surface area contributed by atoms with Gasteiger partial charge in [-0.1, -0.05) is 6.07 Å². The lowest BCUT2D eigenvalue weighted by Gasteiger charge is -2.05. The molecule has 5 nitrogen and oxygen atoms in total. The first-order chi connectivity index (χ1) is 9.11. The van der Waals surface area contributed by atoms with E-state index in [1.54, 1.807) is 6.33 Å². The molecule has 0 aliphatic rings. The summed E-state index contributed by atoms with van der Waals surface area (Å²) >= 11 is 0. The number of aromatic nitrogens is 4. The van der Waals surface area contributed by atoms with Crippen LogP contribution in [-0.2, 0) is 20.6 Å². The minimum Gasteiger partial charge on any atom is -0.333 e. The van der Waals surface area contributed by atoms with E-state index in [1.807, 2.05) is 25.6 Å². The number of imidazole rings is 2. The predicted molar refractivity (Wildman–Crippen MR) is 75.5 cm³/mol. The zero-order valence-corrected chi connectivity index (χ0v) is 11.4. The van der Waals surface area contributed by atoms with Gasteiger partial charge in [0.2, 0.25) is 0 Å². The van der Waals surface area contributed by atoms with E-state index >= 15 is 0 Å². The Labute approximate surface area is 111 Å². The number of aryl methyl sites for hydroxylation is 3. The molecule has 0 bridgehead atoms. The molecule has 0 radical (unpaired) electrons. The van der Waals surface area contributed by atoms with Crippen molar-refractivity contribution in [2.45, 2.75) is 13.5 Å². The van der Waals surface area contributed by atoms with Crippen LogP contribution in [0, 0.1) is 6.92 Å². The number of nitrogens with zero attached hydrogens (tertiary/aromatic N) is 4. The Bertz CT molecular complexity index is 751. The summed E-state index contributed by atoms with van der Waals surface area (Å²) < 4.78 is 4.09. The third kappa shape index (κ3) is 1.74. The number of hydrogen-bond acceptors (Lipinski definition) is 3. The van der Waals surface area contributed by atoms with Crippen LogP contribution in [0.25, 0.3) is 22.3 Å². The molecule has 3 aromatic rings. The van der Waals surface area contributed by atoms with Gasteiger partial charge in [0.1, 0.15) is 5.82 Å². The zero-order valence-electron chi connectivity index (χ0n) is 11.4. The van der Waals surface area contributed by atoms with Gasteiger partial charge >= 0.3 is 0 Å². The van der Waals surface area contributed by atoms with Crippen molar-refractivity contribution in [1.29, 1.82) is 0 Å². The number of benzene rings is 1. The lowest BCUT2D eigenvalue weighted by molar-refractivity contribution is 0.886. The van der Waals surface area contributed by atoms with Crippen molar-refractivity contribution >= 4 is 11.0 Å². The van der Waals surface area contributed by atoms with Gasteiger partial charge in [0.15, 0.2) is 0 Å². The quantitative estimate of drug-likeness (QED) is 0.758. The van der Waals surface area contributed by atoms with E-state index in [2.05, 4.69) is 32.7 Å². The van der Waals surface area contributed by atoms with Gasteiger partial charge < -0.3 is 14.9 Å². The van der Waals surface area contributed by atoms with E-state index in [4.69, 9.17) is 5.73 Å². The van der Waals surface area contributed by atoms with E-state index in [-0.39, 0.29) is 0 Å². The van der Waals surface area contributed by atoms with Gasteiger partial charge in [-0.2, -0.15) is 0 Å². The van der Waals surface area contributed by atoms with Crippen LogP contribution >= 0.6 is 0 Å². The van der Waals surface area contributed by atoms with Gasteiger partial charge in [-0.25, -0.2) is 9.97 Å². The summed E-state index contributed by atoms with van der Waals surface area (Å²) in [6.07, 6.45) is 1.80. The van der Waals surface area contributed by atoms with Gasteiger partial charge in [-0.3, -0.25) is 0 Å². The summed E-state index contributed by atoms with van der Waals surface area (Å²) in [4.78, 5) is 8.90. The Kier molecular flexibility index (Phi) is 2.64. The van der Waals surface area contributed by atoms with Crippen molar-refractivity contribution in [3.8, 4) is 11.3 Å². The van der Waals surface area contributed by atoms with Crippen LogP contribution in [0.4, 0.5) is 0 Å². The molecule has 0 atom stereocenters. The highest BCUT2D eigenvalue weighted by molar-refractivity contribution is 5.82. The van der Waals surface area contributed by atoms with Crippen LogP contribution in [0.5, 0.6) is 0 Å². The van der Waals surface area contributed by atoms with Crippen molar-refractivity contribution in [1.82, 2.24) is 19.1 Å². The monoisotopic (exact) mass is 255 g/mol. The molecular formula is C14H17N5. The Hall–Kier alpha value is -2.14. The van der Waals surface area contributed by atoms with Crippen molar-refractivity contribution in [2.75, 3.05) is 0 Å². The minimum absolute atomic E-state index is 0.440. The fraction of sp³-hybridized carbons (Fsp3) is 0.286. The first-order valence-electron chi connectivity index (χ1n) is 6.25. The average Bonchev–Trinajstić information content (AvgIpc) is 2.90. The Balaban J connectivity index is 2.23. The van der Waals surface area contributed by atoms with Gasteiger partial charge in [0.05, 0.1) is 28.7 Å². The fourth-order valence-corrected chi connectivity index (χ4v) is 2.47. The van der Waals surface area contributed by atoms with Crippen molar-refractivity contribution in [3.63, 3.8) is 0 Å². The van der Waals surface area contributed by atoms with E-state index in [0.717, 1.165) is 33.8 Å². The second-order valence-corrected chi connectivity index (χ2v) is 4.78. The van der Waals surface area contributed by atoms with Crippen molar-refractivity contribution in [2.24, 2.45) is 19.8 Å². The molecule has 0 aliphatic carbocycles. The molecule has 2 heterocycles. The number of nitrogens with two attached hydrogens (primary N) is 1. The number of fused-ring (bicyclic) bond motifs is 1. The lowest BCUT2D eigenvalue weighted by Crippen LogP contribution is -2.00. The maximum absolute atomic E-state index is 5.75. The smallest absolute Gasteiger partial charge is 0.106 e. The Morgan fingerprint density at radius 3 is 2.79 bits per heavy atom. The molecule has 0 saturated carbocycles. The molecule has 5 heteroatoms. The average molecular weight is 255 g/mol. The molecule has 0 spiro atoms. The standard InChI is InChI=1S/C14H17N5/c1-9-17-11-6-10(4-5-13(11)19(9)3)14-12(7-15)16-8-18(14)2/h4-6,8H,7,15H2,1-3H3. The summed E-state index contributed by atoms with van der Waals surface area (Å²) in [5, 5.41) is 0. The molecule has 3 rings (SSSR count). The first-order valence-corrected chi connectivity index (χ1v) is 6.25. The van der Waals surface area contributed by atoms with Crippen LogP contribution in [-0.4, -0.2) is 19.1 Å². The third-order valence-electron chi connectivity index (χ3n) is 3.58. The van der Waals surface area contributed by atoms with Gasteiger partial charge in [0, 0.05) is 26.2 Å². The molecule has 2 N–H and O–H groups in total. The van der Waals surface area contributed by atoms with Crippen molar-refractivity contribution < 1.29 is 0 Å². The second kappa shape index (κ2) is 4.20. The molecule has 1 aromatic carbocycles. The largest absolute Gasteiger partial charge is 0.333 e. The summed E-state index contributed by atoms with van der Waals surface area (Å²) in [7, 11) is 4.01. The van der Waals surface area contributed by atoms with Crippen LogP contribution in [0.3, 0.4) is 0 Å². The summed E-state index contributed by atoms with van der Waals surface area (Å²) in [5.41, 5.74) is 11.0. The number of hydrogen-bond donors (Lipinski definition) is 1. The Morgan fingerprint density at radius 2 is 2.05 bits per heavy atom. The van der Waals surface area contributed by atoms with E-state index in [9.17, 15) is 0 Å². The van der Waals surface area contributed by atoms with Crippen molar-refractivity contribution in [3.05, 3.63) is 36.0 Å². The molecule has 98 valence electrons. The van der Waals surface area contributed by atoms with Crippen LogP contribution in [0.2, 0.25) is 0 Å². The molecule has 2 aromatic heterocycles. The molecule has 19 heavy (non-hydrogen) atoms. The fourth-order valence-electron chi connectivity index (χ4n) is 2.47. The van der Waals surface area contributed by atoms with Crippen LogP contribution in [0.15, 0.2) is 24.5 Å². The minimum atomic E-state index is 0.440. The zero-order chi connectivity index (χ0) is 13.6.